The van der Waals surface area contributed by atoms with Gasteiger partial charge in [-0.25, -0.2) is 17.9 Å². The first kappa shape index (κ1) is 19.9. The zero-order valence-corrected chi connectivity index (χ0v) is 17.2. The Bertz CT molecular complexity index is 1360. The van der Waals surface area contributed by atoms with Gasteiger partial charge in [0.15, 0.2) is 0 Å². The molecular formula is C22H19FN4O2S. The van der Waals surface area contributed by atoms with Crippen molar-refractivity contribution in [3.05, 3.63) is 77.9 Å². The van der Waals surface area contributed by atoms with Gasteiger partial charge in [-0.1, -0.05) is 18.2 Å². The fraction of sp³-hybridized carbons (Fsp3) is 0.0909. The molecule has 2 heterocycles. The van der Waals surface area contributed by atoms with Crippen molar-refractivity contribution in [3.63, 3.8) is 0 Å². The largest absolute Gasteiger partial charge is 0.276 e. The van der Waals surface area contributed by atoms with Gasteiger partial charge in [0.25, 0.3) is 0 Å². The van der Waals surface area contributed by atoms with Crippen molar-refractivity contribution in [1.82, 2.24) is 15.2 Å². The van der Waals surface area contributed by atoms with Gasteiger partial charge in [-0.3, -0.25) is 10.1 Å². The number of hydrogen-bond donors (Lipinski definition) is 2. The van der Waals surface area contributed by atoms with Crippen LogP contribution in [0.2, 0.25) is 0 Å². The first-order valence-electron chi connectivity index (χ1n) is 9.15. The summed E-state index contributed by atoms with van der Waals surface area (Å²) in [5, 5.41) is 12.3. The Hall–Kier alpha value is -3.36. The second-order valence-corrected chi connectivity index (χ2v) is 8.60. The van der Waals surface area contributed by atoms with Gasteiger partial charge >= 0.3 is 0 Å². The molecular weight excluding hydrogens is 403 g/mol. The van der Waals surface area contributed by atoms with E-state index in [0.717, 1.165) is 28.2 Å². The number of sulfonamides is 1. The van der Waals surface area contributed by atoms with E-state index in [1.807, 2.05) is 25.1 Å². The third-order valence-electron chi connectivity index (χ3n) is 4.88. The first-order chi connectivity index (χ1) is 14.2. The van der Waals surface area contributed by atoms with Crippen LogP contribution in [0.25, 0.3) is 33.6 Å². The third-order valence-corrected chi connectivity index (χ3v) is 5.79. The molecule has 2 aromatic carbocycles. The number of aromatic nitrogens is 3. The van der Waals surface area contributed by atoms with Gasteiger partial charge in [0.2, 0.25) is 10.0 Å². The SMILES string of the molecule is Cc1cccc(-c2[nH]ncc2-c2ccc(F)c(-c3ccc(S(N)(=O)=O)cc3C)c2)n1. The fourth-order valence-electron chi connectivity index (χ4n) is 3.40. The number of nitrogens with two attached hydrogens (primary N) is 1. The lowest BCUT2D eigenvalue weighted by Gasteiger charge is -2.11. The summed E-state index contributed by atoms with van der Waals surface area (Å²) in [5.74, 6) is -0.413. The number of primary sulfonamides is 1. The van der Waals surface area contributed by atoms with Crippen LogP contribution in [-0.4, -0.2) is 23.6 Å². The standard InChI is InChI=1S/C22H19FN4O2S/c1-13-10-16(30(24,28)29)7-8-17(13)18-11-15(6-9-20(18)23)19-12-25-27-22(19)21-5-3-4-14(2)26-21/h3-12H,1-2H3,(H,25,27)(H2,24,28,29). The van der Waals surface area contributed by atoms with Gasteiger partial charge in [0.1, 0.15) is 5.82 Å². The summed E-state index contributed by atoms with van der Waals surface area (Å²) < 4.78 is 37.9. The molecule has 0 aliphatic heterocycles. The zero-order chi connectivity index (χ0) is 21.5. The smallest absolute Gasteiger partial charge is 0.238 e. The summed E-state index contributed by atoms with van der Waals surface area (Å²) in [6.07, 6.45) is 1.67. The van der Waals surface area contributed by atoms with Crippen molar-refractivity contribution in [2.75, 3.05) is 0 Å². The maximum Gasteiger partial charge on any atom is 0.238 e. The zero-order valence-electron chi connectivity index (χ0n) is 16.3. The van der Waals surface area contributed by atoms with E-state index in [-0.39, 0.29) is 4.90 Å². The van der Waals surface area contributed by atoms with Crippen LogP contribution in [0.5, 0.6) is 0 Å². The topological polar surface area (TPSA) is 102 Å². The van der Waals surface area contributed by atoms with Crippen LogP contribution in [0, 0.1) is 19.7 Å². The minimum Gasteiger partial charge on any atom is -0.276 e. The molecule has 0 saturated heterocycles. The van der Waals surface area contributed by atoms with Crippen LogP contribution >= 0.6 is 0 Å². The lowest BCUT2D eigenvalue weighted by molar-refractivity contribution is 0.597. The summed E-state index contributed by atoms with van der Waals surface area (Å²) in [6, 6.07) is 14.9. The quantitative estimate of drug-likeness (QED) is 0.514. The van der Waals surface area contributed by atoms with Crippen molar-refractivity contribution < 1.29 is 12.8 Å². The highest BCUT2D eigenvalue weighted by molar-refractivity contribution is 7.89. The normalized spacial score (nSPS) is 11.6. The van der Waals surface area contributed by atoms with Gasteiger partial charge in [0.05, 0.1) is 22.5 Å². The molecule has 30 heavy (non-hydrogen) atoms. The summed E-state index contributed by atoms with van der Waals surface area (Å²) in [7, 11) is -3.83. The van der Waals surface area contributed by atoms with Crippen LogP contribution in [0.15, 0.2) is 65.7 Å². The molecule has 0 saturated carbocycles. The molecule has 4 aromatic rings. The molecule has 0 fully saturated rings. The molecule has 152 valence electrons. The number of benzene rings is 2. The van der Waals surface area contributed by atoms with Crippen molar-refractivity contribution in [3.8, 4) is 33.6 Å². The second kappa shape index (κ2) is 7.47. The lowest BCUT2D eigenvalue weighted by Crippen LogP contribution is -2.12. The predicted octanol–water partition coefficient (Wildman–Crippen LogP) is 4.21. The number of halogens is 1. The minimum absolute atomic E-state index is 0.0112. The number of nitrogens with one attached hydrogen (secondary N) is 1. The molecule has 2 aromatic heterocycles. The van der Waals surface area contributed by atoms with Gasteiger partial charge in [-0.2, -0.15) is 5.10 Å². The van der Waals surface area contributed by atoms with Gasteiger partial charge < -0.3 is 0 Å². The second-order valence-electron chi connectivity index (χ2n) is 7.04. The Morgan fingerprint density at radius 3 is 2.47 bits per heavy atom. The van der Waals surface area contributed by atoms with E-state index in [9.17, 15) is 12.8 Å². The first-order valence-corrected chi connectivity index (χ1v) is 10.7. The molecule has 0 atom stereocenters. The van der Waals surface area contributed by atoms with Crippen LogP contribution in [0.4, 0.5) is 4.39 Å². The van der Waals surface area contributed by atoms with E-state index in [0.29, 0.717) is 16.7 Å². The molecule has 0 aliphatic carbocycles. The Morgan fingerprint density at radius 2 is 1.77 bits per heavy atom. The van der Waals surface area contributed by atoms with E-state index in [1.165, 1.54) is 18.2 Å². The Labute approximate surface area is 173 Å². The Balaban J connectivity index is 1.83. The number of nitrogens with zero attached hydrogens (tertiary/aromatic N) is 2. The van der Waals surface area contributed by atoms with E-state index in [2.05, 4.69) is 15.2 Å². The van der Waals surface area contributed by atoms with Crippen LogP contribution < -0.4 is 5.14 Å². The van der Waals surface area contributed by atoms with Crippen molar-refractivity contribution in [2.24, 2.45) is 5.14 Å². The Kier molecular flexibility index (Phi) is 4.97. The van der Waals surface area contributed by atoms with Crippen molar-refractivity contribution >= 4 is 10.0 Å². The number of H-pyrrole nitrogens is 1. The van der Waals surface area contributed by atoms with E-state index >= 15 is 0 Å². The molecule has 3 N–H and O–H groups in total. The number of rotatable bonds is 4. The average Bonchev–Trinajstić information content (AvgIpc) is 3.18. The van der Waals surface area contributed by atoms with Gasteiger partial charge in [0, 0.05) is 16.8 Å². The number of pyridine rings is 1. The monoisotopic (exact) mass is 422 g/mol. The fourth-order valence-corrected chi connectivity index (χ4v) is 4.00. The van der Waals surface area contributed by atoms with E-state index in [4.69, 9.17) is 5.14 Å². The van der Waals surface area contributed by atoms with Gasteiger partial charge in [-0.15, -0.1) is 0 Å². The maximum absolute atomic E-state index is 14.7. The van der Waals surface area contributed by atoms with Gasteiger partial charge in [-0.05, 0) is 66.9 Å². The maximum atomic E-state index is 14.7. The molecule has 8 heteroatoms. The average molecular weight is 422 g/mol. The summed E-state index contributed by atoms with van der Waals surface area (Å²) in [4.78, 5) is 4.52. The summed E-state index contributed by atoms with van der Waals surface area (Å²) in [6.45, 7) is 3.62. The lowest BCUT2D eigenvalue weighted by atomic mass is 9.95. The molecule has 0 unspecified atom stereocenters. The number of aromatic amines is 1. The van der Waals surface area contributed by atoms with Crippen LogP contribution in [0.1, 0.15) is 11.3 Å². The summed E-state index contributed by atoms with van der Waals surface area (Å²) >= 11 is 0. The third kappa shape index (κ3) is 3.74. The highest BCUT2D eigenvalue weighted by Gasteiger charge is 2.16. The molecule has 0 bridgehead atoms. The summed E-state index contributed by atoms with van der Waals surface area (Å²) in [5.41, 5.74) is 5.43. The molecule has 4 rings (SSSR count). The molecule has 6 nitrogen and oxygen atoms in total. The highest BCUT2D eigenvalue weighted by atomic mass is 32.2. The molecule has 0 amide bonds. The molecule has 0 radical (unpaired) electrons. The van der Waals surface area contributed by atoms with Crippen LogP contribution in [-0.2, 0) is 10.0 Å². The van der Waals surface area contributed by atoms with Crippen LogP contribution in [0.3, 0.4) is 0 Å². The molecule has 0 aliphatic rings. The van der Waals surface area contributed by atoms with Crippen molar-refractivity contribution in [2.45, 2.75) is 18.7 Å². The highest BCUT2D eigenvalue weighted by Crippen LogP contribution is 2.34. The molecule has 0 spiro atoms. The Morgan fingerprint density at radius 1 is 0.967 bits per heavy atom. The van der Waals surface area contributed by atoms with E-state index < -0.39 is 15.8 Å². The van der Waals surface area contributed by atoms with E-state index in [1.54, 1.807) is 31.3 Å². The minimum atomic E-state index is -3.83. The number of hydrogen-bond acceptors (Lipinski definition) is 4. The predicted molar refractivity (Wildman–Crippen MR) is 113 cm³/mol. The van der Waals surface area contributed by atoms with Crippen molar-refractivity contribution in [1.29, 1.82) is 0 Å². The number of aryl methyl sites for hydroxylation is 2.